The fraction of sp³-hybridized carbons (Fsp3) is 0.727. The maximum absolute atomic E-state index is 9.29. The summed E-state index contributed by atoms with van der Waals surface area (Å²) in [6.07, 6.45) is 5.32. The van der Waals surface area contributed by atoms with E-state index in [9.17, 15) is 5.11 Å². The first-order valence-electron chi connectivity index (χ1n) is 5.65. The molecule has 0 bridgehead atoms. The van der Waals surface area contributed by atoms with E-state index in [1.807, 2.05) is 6.92 Å². The van der Waals surface area contributed by atoms with Crippen molar-refractivity contribution in [2.75, 3.05) is 13.2 Å². The molecule has 1 saturated heterocycles. The van der Waals surface area contributed by atoms with Gasteiger partial charge in [-0.25, -0.2) is 4.98 Å². The van der Waals surface area contributed by atoms with Crippen molar-refractivity contribution in [2.24, 2.45) is 0 Å². The van der Waals surface area contributed by atoms with Crippen molar-refractivity contribution in [2.45, 2.75) is 38.8 Å². The van der Waals surface area contributed by atoms with Gasteiger partial charge in [0.2, 0.25) is 0 Å². The molecule has 84 valence electrons. The van der Waals surface area contributed by atoms with Crippen molar-refractivity contribution in [3.8, 4) is 0 Å². The summed E-state index contributed by atoms with van der Waals surface area (Å²) in [7, 11) is 0. The fourth-order valence-corrected chi connectivity index (χ4v) is 2.21. The third kappa shape index (κ3) is 2.38. The van der Waals surface area contributed by atoms with Crippen molar-refractivity contribution in [1.82, 2.24) is 14.9 Å². The van der Waals surface area contributed by atoms with E-state index in [4.69, 9.17) is 0 Å². The number of H-pyrrole nitrogens is 1. The quantitative estimate of drug-likeness (QED) is 0.782. The number of likely N-dealkylation sites (tertiary alicyclic amines) is 1. The molecular weight excluding hydrogens is 190 g/mol. The second kappa shape index (κ2) is 4.77. The first kappa shape index (κ1) is 10.6. The summed E-state index contributed by atoms with van der Waals surface area (Å²) in [5.41, 5.74) is 2.24. The number of aliphatic hydroxyl groups is 1. The number of nitrogens with zero attached hydrogens (tertiary/aromatic N) is 2. The number of aryl methyl sites for hydroxylation is 1. The molecule has 1 fully saturated rings. The van der Waals surface area contributed by atoms with Crippen LogP contribution in [0.5, 0.6) is 0 Å². The Balaban J connectivity index is 2.00. The summed E-state index contributed by atoms with van der Waals surface area (Å²) in [5.74, 6) is 0. The van der Waals surface area contributed by atoms with Crippen molar-refractivity contribution >= 4 is 0 Å². The highest BCUT2D eigenvalue weighted by Crippen LogP contribution is 2.19. The lowest BCUT2D eigenvalue weighted by Crippen LogP contribution is -2.41. The number of aliphatic hydroxyl groups excluding tert-OH is 1. The average molecular weight is 209 g/mol. The van der Waals surface area contributed by atoms with Gasteiger partial charge in [0.25, 0.3) is 0 Å². The fourth-order valence-electron chi connectivity index (χ4n) is 2.21. The maximum Gasteiger partial charge on any atom is 0.0925 e. The lowest BCUT2D eigenvalue weighted by atomic mass is 10.0. The van der Waals surface area contributed by atoms with E-state index in [0.29, 0.717) is 6.04 Å². The summed E-state index contributed by atoms with van der Waals surface area (Å²) in [6, 6.07) is 0.329. The third-order valence-corrected chi connectivity index (χ3v) is 3.25. The predicted molar refractivity (Wildman–Crippen MR) is 58.5 cm³/mol. The van der Waals surface area contributed by atoms with E-state index >= 15 is 0 Å². The standard InChI is InChI=1S/C11H19N3O/c1-9-11(13-8-12-9)6-14-5-3-2-4-10(14)7-15/h8,10,15H,2-7H2,1H3,(H,12,13). The predicted octanol–water partition coefficient (Wildman–Crippen LogP) is 1.06. The van der Waals surface area contributed by atoms with Gasteiger partial charge < -0.3 is 10.1 Å². The molecule has 2 N–H and O–H groups in total. The largest absolute Gasteiger partial charge is 0.395 e. The molecule has 1 aromatic rings. The molecule has 1 aromatic heterocycles. The number of rotatable bonds is 3. The zero-order valence-corrected chi connectivity index (χ0v) is 9.24. The summed E-state index contributed by atoms with van der Waals surface area (Å²) in [4.78, 5) is 9.73. The lowest BCUT2D eigenvalue weighted by molar-refractivity contribution is 0.0830. The minimum atomic E-state index is 0.267. The van der Waals surface area contributed by atoms with Gasteiger partial charge in [-0.3, -0.25) is 4.90 Å². The molecule has 0 saturated carbocycles. The highest BCUT2D eigenvalue weighted by molar-refractivity contribution is 5.08. The summed E-state index contributed by atoms with van der Waals surface area (Å²) in [5, 5.41) is 9.29. The van der Waals surface area contributed by atoms with E-state index in [1.165, 1.54) is 12.8 Å². The van der Waals surface area contributed by atoms with E-state index in [1.54, 1.807) is 6.33 Å². The highest BCUT2D eigenvalue weighted by atomic mass is 16.3. The van der Waals surface area contributed by atoms with Gasteiger partial charge in [0.1, 0.15) is 0 Å². The molecule has 0 spiro atoms. The van der Waals surface area contributed by atoms with Crippen LogP contribution in [0.1, 0.15) is 30.7 Å². The Bertz CT molecular complexity index is 311. The smallest absolute Gasteiger partial charge is 0.0925 e. The number of hydrogen-bond donors (Lipinski definition) is 2. The Hall–Kier alpha value is -0.870. The minimum Gasteiger partial charge on any atom is -0.395 e. The molecule has 0 aliphatic carbocycles. The topological polar surface area (TPSA) is 52.2 Å². The van der Waals surface area contributed by atoms with E-state index in [2.05, 4.69) is 14.9 Å². The zero-order chi connectivity index (χ0) is 10.7. The third-order valence-electron chi connectivity index (χ3n) is 3.25. The van der Waals surface area contributed by atoms with Crippen LogP contribution in [0.3, 0.4) is 0 Å². The number of hydrogen-bond acceptors (Lipinski definition) is 3. The van der Waals surface area contributed by atoms with Crippen LogP contribution >= 0.6 is 0 Å². The Morgan fingerprint density at radius 3 is 3.13 bits per heavy atom. The number of aromatic nitrogens is 2. The van der Waals surface area contributed by atoms with Crippen LogP contribution in [0.4, 0.5) is 0 Å². The first-order chi connectivity index (χ1) is 7.31. The Kier molecular flexibility index (Phi) is 3.38. The van der Waals surface area contributed by atoms with Crippen LogP contribution < -0.4 is 0 Å². The van der Waals surface area contributed by atoms with Crippen LogP contribution in [-0.2, 0) is 6.54 Å². The molecule has 4 nitrogen and oxygen atoms in total. The summed E-state index contributed by atoms with van der Waals surface area (Å²) in [6.45, 7) is 4.25. The number of piperidine rings is 1. The Morgan fingerprint density at radius 1 is 1.60 bits per heavy atom. The molecule has 0 radical (unpaired) electrons. The van der Waals surface area contributed by atoms with Crippen molar-refractivity contribution < 1.29 is 5.11 Å². The van der Waals surface area contributed by atoms with E-state index < -0.39 is 0 Å². The van der Waals surface area contributed by atoms with Crippen molar-refractivity contribution in [3.63, 3.8) is 0 Å². The second-order valence-corrected chi connectivity index (χ2v) is 4.28. The average Bonchev–Trinajstić information content (AvgIpc) is 2.65. The molecule has 0 amide bonds. The van der Waals surface area contributed by atoms with Gasteiger partial charge in [-0.15, -0.1) is 0 Å². The Labute approximate surface area is 90.3 Å². The van der Waals surface area contributed by atoms with E-state index in [0.717, 1.165) is 30.9 Å². The molecule has 1 aliphatic heterocycles. The maximum atomic E-state index is 9.29. The van der Waals surface area contributed by atoms with Crippen LogP contribution in [-0.4, -0.2) is 39.2 Å². The van der Waals surface area contributed by atoms with Crippen molar-refractivity contribution in [1.29, 1.82) is 0 Å². The van der Waals surface area contributed by atoms with Crippen LogP contribution in [0.25, 0.3) is 0 Å². The molecule has 2 heterocycles. The van der Waals surface area contributed by atoms with Gasteiger partial charge in [0.05, 0.1) is 18.6 Å². The SMILES string of the molecule is Cc1[nH]cnc1CN1CCCCC1CO. The second-order valence-electron chi connectivity index (χ2n) is 4.28. The highest BCUT2D eigenvalue weighted by Gasteiger charge is 2.22. The molecule has 2 rings (SSSR count). The molecule has 1 aliphatic rings. The molecular formula is C11H19N3O. The monoisotopic (exact) mass is 209 g/mol. The van der Waals surface area contributed by atoms with Gasteiger partial charge in [-0.2, -0.15) is 0 Å². The van der Waals surface area contributed by atoms with Gasteiger partial charge in [0, 0.05) is 18.3 Å². The van der Waals surface area contributed by atoms with Gasteiger partial charge in [-0.1, -0.05) is 6.42 Å². The summed E-state index contributed by atoms with van der Waals surface area (Å²) < 4.78 is 0. The molecule has 15 heavy (non-hydrogen) atoms. The van der Waals surface area contributed by atoms with Crippen LogP contribution in [0.15, 0.2) is 6.33 Å². The number of aromatic amines is 1. The van der Waals surface area contributed by atoms with Gasteiger partial charge in [0.15, 0.2) is 0 Å². The molecule has 0 aromatic carbocycles. The Morgan fingerprint density at radius 2 is 2.47 bits per heavy atom. The normalized spacial score (nSPS) is 23.2. The lowest BCUT2D eigenvalue weighted by Gasteiger charge is -2.34. The minimum absolute atomic E-state index is 0.267. The van der Waals surface area contributed by atoms with Gasteiger partial charge in [-0.05, 0) is 26.3 Å². The zero-order valence-electron chi connectivity index (χ0n) is 9.24. The first-order valence-corrected chi connectivity index (χ1v) is 5.65. The van der Waals surface area contributed by atoms with E-state index in [-0.39, 0.29) is 6.61 Å². The number of imidazole rings is 1. The van der Waals surface area contributed by atoms with Crippen LogP contribution in [0.2, 0.25) is 0 Å². The van der Waals surface area contributed by atoms with Crippen molar-refractivity contribution in [3.05, 3.63) is 17.7 Å². The summed E-state index contributed by atoms with van der Waals surface area (Å²) >= 11 is 0. The molecule has 1 unspecified atom stereocenters. The molecule has 1 atom stereocenters. The van der Waals surface area contributed by atoms with Crippen LogP contribution in [0, 0.1) is 6.92 Å². The van der Waals surface area contributed by atoms with Gasteiger partial charge >= 0.3 is 0 Å². The molecule has 4 heteroatoms. The number of nitrogens with one attached hydrogen (secondary N) is 1.